The van der Waals surface area contributed by atoms with Crippen molar-refractivity contribution in [1.82, 2.24) is 0 Å². The molecule has 0 bridgehead atoms. The highest BCUT2D eigenvalue weighted by Crippen LogP contribution is 2.36. The number of aromatic hydroxyl groups is 1. The monoisotopic (exact) mass is 263 g/mol. The molecule has 1 saturated carbocycles. The lowest BCUT2D eigenvalue weighted by molar-refractivity contribution is -0.154. The van der Waals surface area contributed by atoms with E-state index in [2.05, 4.69) is 0 Å². The summed E-state index contributed by atoms with van der Waals surface area (Å²) in [6, 6.07) is 4.83. The Kier molecular flexibility index (Phi) is 3.57. The van der Waals surface area contributed by atoms with Crippen molar-refractivity contribution in [2.45, 2.75) is 25.9 Å². The van der Waals surface area contributed by atoms with Crippen molar-refractivity contribution < 1.29 is 19.8 Å². The van der Waals surface area contributed by atoms with Gasteiger partial charge in [0.15, 0.2) is 0 Å². The summed E-state index contributed by atoms with van der Waals surface area (Å²) in [5.74, 6) is -2.12. The summed E-state index contributed by atoms with van der Waals surface area (Å²) in [5, 5.41) is 19.5. The Bertz CT molecular complexity index is 522. The van der Waals surface area contributed by atoms with Crippen molar-refractivity contribution in [2.75, 3.05) is 18.0 Å². The van der Waals surface area contributed by atoms with Crippen LogP contribution in [0.25, 0.3) is 0 Å². The van der Waals surface area contributed by atoms with Gasteiger partial charge in [0.1, 0.15) is 11.9 Å². The maximum Gasteiger partial charge on any atom is 0.228 e. The lowest BCUT2D eigenvalue weighted by Gasteiger charge is -2.30. The summed E-state index contributed by atoms with van der Waals surface area (Å²) in [5.41, 5.74) is 1.16. The molecule has 0 amide bonds. The third-order valence-electron chi connectivity index (χ3n) is 3.57. The number of rotatable bonds is 4. The highest BCUT2D eigenvalue weighted by molar-refractivity contribution is 6.48. The molecule has 2 rings (SSSR count). The summed E-state index contributed by atoms with van der Waals surface area (Å²) in [4.78, 5) is 24.4. The van der Waals surface area contributed by atoms with E-state index in [1.54, 1.807) is 12.1 Å². The molecule has 2 N–H and O–H groups in total. The van der Waals surface area contributed by atoms with E-state index < -0.39 is 23.6 Å². The molecule has 1 aliphatic carbocycles. The van der Waals surface area contributed by atoms with Gasteiger partial charge in [0.25, 0.3) is 0 Å². The van der Waals surface area contributed by atoms with E-state index in [-0.39, 0.29) is 5.75 Å². The van der Waals surface area contributed by atoms with Crippen molar-refractivity contribution in [3.05, 3.63) is 23.8 Å². The first kappa shape index (κ1) is 13.5. The number of Topliss-reactive ketones (excluding diaryl/α,β-unsaturated/α-hetero) is 2. The van der Waals surface area contributed by atoms with Gasteiger partial charge >= 0.3 is 0 Å². The van der Waals surface area contributed by atoms with E-state index >= 15 is 0 Å². The lowest BCUT2D eigenvalue weighted by Crippen LogP contribution is -2.50. The molecule has 0 spiro atoms. The summed E-state index contributed by atoms with van der Waals surface area (Å²) in [6.45, 7) is 5.48. The number of nitrogens with zero attached hydrogens (tertiary/aromatic N) is 1. The van der Waals surface area contributed by atoms with Crippen LogP contribution in [0.2, 0.25) is 0 Å². The molecule has 1 fully saturated rings. The molecule has 1 aliphatic rings. The number of phenolic OH excluding ortho intramolecular Hbond substituents is 1. The standard InChI is InChI=1S/C14H17NO4/c1-3-15(4-2)9-6-5-8(7-10(9)16)11-12(17)14(19)13(11)18/h5-7,11-12,16-17H,3-4H2,1-2H3. The second-order valence-electron chi connectivity index (χ2n) is 4.57. The number of anilines is 1. The Morgan fingerprint density at radius 1 is 1.16 bits per heavy atom. The molecule has 2 atom stereocenters. The Labute approximate surface area is 111 Å². The largest absolute Gasteiger partial charge is 0.506 e. The molecule has 0 heterocycles. The van der Waals surface area contributed by atoms with Crippen LogP contribution in [0.5, 0.6) is 5.75 Å². The summed E-state index contributed by atoms with van der Waals surface area (Å²) < 4.78 is 0. The van der Waals surface area contributed by atoms with Gasteiger partial charge in [-0.25, -0.2) is 0 Å². The van der Waals surface area contributed by atoms with E-state index in [9.17, 15) is 19.8 Å². The molecule has 5 heteroatoms. The van der Waals surface area contributed by atoms with Crippen LogP contribution in [0.1, 0.15) is 25.3 Å². The van der Waals surface area contributed by atoms with Crippen LogP contribution in [-0.4, -0.2) is 41.0 Å². The van der Waals surface area contributed by atoms with Gasteiger partial charge in [0.2, 0.25) is 11.6 Å². The summed E-state index contributed by atoms with van der Waals surface area (Å²) >= 11 is 0. The fourth-order valence-electron chi connectivity index (χ4n) is 2.40. The molecular weight excluding hydrogens is 246 g/mol. The van der Waals surface area contributed by atoms with Gasteiger partial charge in [-0.15, -0.1) is 0 Å². The second-order valence-corrected chi connectivity index (χ2v) is 4.57. The molecule has 0 radical (unpaired) electrons. The van der Waals surface area contributed by atoms with E-state index in [0.717, 1.165) is 13.1 Å². The van der Waals surface area contributed by atoms with Crippen LogP contribution in [0.15, 0.2) is 18.2 Å². The lowest BCUT2D eigenvalue weighted by atomic mass is 9.74. The normalized spacial score (nSPS) is 22.3. The smallest absolute Gasteiger partial charge is 0.228 e. The maximum atomic E-state index is 11.4. The van der Waals surface area contributed by atoms with Crippen LogP contribution < -0.4 is 4.90 Å². The fourth-order valence-corrected chi connectivity index (χ4v) is 2.40. The Morgan fingerprint density at radius 3 is 2.26 bits per heavy atom. The van der Waals surface area contributed by atoms with Crippen LogP contribution in [0.3, 0.4) is 0 Å². The molecule has 1 aromatic carbocycles. The van der Waals surface area contributed by atoms with Gasteiger partial charge in [-0.3, -0.25) is 9.59 Å². The highest BCUT2D eigenvalue weighted by Gasteiger charge is 2.49. The zero-order chi connectivity index (χ0) is 14.2. The van der Waals surface area contributed by atoms with Gasteiger partial charge in [0.05, 0.1) is 11.6 Å². The molecule has 0 aromatic heterocycles. The van der Waals surface area contributed by atoms with Crippen LogP contribution in [0.4, 0.5) is 5.69 Å². The second kappa shape index (κ2) is 5.01. The third kappa shape index (κ3) is 2.10. The van der Waals surface area contributed by atoms with Crippen molar-refractivity contribution in [2.24, 2.45) is 0 Å². The number of carbonyl (C=O) groups is 2. The Balaban J connectivity index is 2.29. The van der Waals surface area contributed by atoms with E-state index in [1.165, 1.54) is 6.07 Å². The average molecular weight is 263 g/mol. The number of ketones is 2. The third-order valence-corrected chi connectivity index (χ3v) is 3.57. The minimum absolute atomic E-state index is 0.0561. The topological polar surface area (TPSA) is 77.8 Å². The number of hydrogen-bond donors (Lipinski definition) is 2. The SMILES string of the molecule is CCN(CC)c1ccc(C2C(=O)C(=O)C2O)cc1O. The molecule has 0 saturated heterocycles. The number of aliphatic hydroxyl groups is 1. The Morgan fingerprint density at radius 2 is 1.79 bits per heavy atom. The number of phenols is 1. The van der Waals surface area contributed by atoms with Crippen molar-refractivity contribution in [3.8, 4) is 5.75 Å². The van der Waals surface area contributed by atoms with Crippen molar-refractivity contribution in [1.29, 1.82) is 0 Å². The van der Waals surface area contributed by atoms with E-state index in [4.69, 9.17) is 0 Å². The number of hydrogen-bond acceptors (Lipinski definition) is 5. The number of benzene rings is 1. The first-order valence-corrected chi connectivity index (χ1v) is 6.35. The fraction of sp³-hybridized carbons (Fsp3) is 0.429. The van der Waals surface area contributed by atoms with Crippen LogP contribution in [0, 0.1) is 0 Å². The molecule has 5 nitrogen and oxygen atoms in total. The summed E-state index contributed by atoms with van der Waals surface area (Å²) in [7, 11) is 0. The van der Waals surface area contributed by atoms with Crippen LogP contribution in [-0.2, 0) is 9.59 Å². The Hall–Kier alpha value is -1.88. The van der Waals surface area contributed by atoms with Gasteiger partial charge in [0, 0.05) is 13.1 Å². The molecule has 2 unspecified atom stereocenters. The molecular formula is C14H17NO4. The predicted molar refractivity (Wildman–Crippen MR) is 70.4 cm³/mol. The first-order chi connectivity index (χ1) is 9.01. The molecule has 102 valence electrons. The van der Waals surface area contributed by atoms with Crippen molar-refractivity contribution in [3.63, 3.8) is 0 Å². The number of carbonyl (C=O) groups excluding carboxylic acids is 2. The molecule has 1 aromatic rings. The van der Waals surface area contributed by atoms with Gasteiger partial charge in [-0.1, -0.05) is 6.07 Å². The van der Waals surface area contributed by atoms with E-state index in [0.29, 0.717) is 11.3 Å². The molecule has 19 heavy (non-hydrogen) atoms. The predicted octanol–water partition coefficient (Wildman–Crippen LogP) is 0.835. The minimum Gasteiger partial charge on any atom is -0.506 e. The van der Waals surface area contributed by atoms with E-state index in [1.807, 2.05) is 18.7 Å². The minimum atomic E-state index is -1.27. The molecule has 0 aliphatic heterocycles. The quantitative estimate of drug-likeness (QED) is 0.787. The zero-order valence-electron chi connectivity index (χ0n) is 11.0. The number of aliphatic hydroxyl groups excluding tert-OH is 1. The first-order valence-electron chi connectivity index (χ1n) is 6.35. The highest BCUT2D eigenvalue weighted by atomic mass is 16.3. The van der Waals surface area contributed by atoms with Gasteiger partial charge in [-0.2, -0.15) is 0 Å². The van der Waals surface area contributed by atoms with Crippen LogP contribution >= 0.6 is 0 Å². The van der Waals surface area contributed by atoms with Crippen molar-refractivity contribution >= 4 is 17.3 Å². The van der Waals surface area contributed by atoms with Gasteiger partial charge in [-0.05, 0) is 31.5 Å². The average Bonchev–Trinajstić information content (AvgIpc) is 2.42. The maximum absolute atomic E-state index is 11.4. The van der Waals surface area contributed by atoms with Gasteiger partial charge < -0.3 is 15.1 Å². The zero-order valence-corrected chi connectivity index (χ0v) is 11.0. The summed E-state index contributed by atoms with van der Waals surface area (Å²) in [6.07, 6.45) is -1.27.